The van der Waals surface area contributed by atoms with Gasteiger partial charge < -0.3 is 10.2 Å². The summed E-state index contributed by atoms with van der Waals surface area (Å²) in [4.78, 5) is 2.14. The lowest BCUT2D eigenvalue weighted by Gasteiger charge is -2.11. The fourth-order valence-corrected chi connectivity index (χ4v) is 1.12. The van der Waals surface area contributed by atoms with Crippen molar-refractivity contribution in [3.8, 4) is 0 Å². The molecule has 0 aromatic heterocycles. The van der Waals surface area contributed by atoms with Crippen molar-refractivity contribution in [2.45, 2.75) is 0 Å². The third kappa shape index (κ3) is 4.15. The Hall–Kier alpha value is -0.730. The highest BCUT2D eigenvalue weighted by Gasteiger charge is 1.92. The highest BCUT2D eigenvalue weighted by atomic mass is 35.5. The summed E-state index contributed by atoms with van der Waals surface area (Å²) in [6, 6.07) is 7.75. The lowest BCUT2D eigenvalue weighted by atomic mass is 10.3. The lowest BCUT2D eigenvalue weighted by molar-refractivity contribution is 0.425. The zero-order valence-electron chi connectivity index (χ0n) is 8.05. The number of hydrogen-bond acceptors (Lipinski definition) is 2. The first-order valence-corrected chi connectivity index (χ1v) is 4.70. The molecule has 1 aromatic rings. The summed E-state index contributed by atoms with van der Waals surface area (Å²) in [5.74, 6) is 0. The van der Waals surface area contributed by atoms with Crippen LogP contribution >= 0.6 is 11.6 Å². The number of halogens is 1. The van der Waals surface area contributed by atoms with Crippen molar-refractivity contribution in [3.63, 3.8) is 0 Å². The van der Waals surface area contributed by atoms with Crippen molar-refractivity contribution < 1.29 is 0 Å². The Bertz CT molecular complexity index is 244. The van der Waals surface area contributed by atoms with E-state index in [2.05, 4.69) is 24.3 Å². The van der Waals surface area contributed by atoms with Crippen molar-refractivity contribution in [2.24, 2.45) is 0 Å². The van der Waals surface area contributed by atoms with Gasteiger partial charge in [0.15, 0.2) is 0 Å². The van der Waals surface area contributed by atoms with E-state index in [1.54, 1.807) is 0 Å². The monoisotopic (exact) mass is 198 g/mol. The largest absolute Gasteiger partial charge is 0.384 e. The van der Waals surface area contributed by atoms with Gasteiger partial charge in [-0.15, -0.1) is 0 Å². The maximum atomic E-state index is 5.76. The zero-order valence-corrected chi connectivity index (χ0v) is 8.80. The topological polar surface area (TPSA) is 15.3 Å². The van der Waals surface area contributed by atoms with Gasteiger partial charge in [-0.25, -0.2) is 0 Å². The number of hydrogen-bond donors (Lipinski definition) is 1. The highest BCUT2D eigenvalue weighted by Crippen LogP contribution is 2.12. The minimum Gasteiger partial charge on any atom is -0.384 e. The quantitative estimate of drug-likeness (QED) is 0.799. The molecule has 0 aliphatic carbocycles. The minimum absolute atomic E-state index is 0.776. The van der Waals surface area contributed by atoms with E-state index in [0.29, 0.717) is 0 Å². The molecule has 0 unspecified atom stereocenters. The fraction of sp³-hybridized carbons (Fsp3) is 0.400. The van der Waals surface area contributed by atoms with Gasteiger partial charge in [0, 0.05) is 23.8 Å². The van der Waals surface area contributed by atoms with Gasteiger partial charge in [-0.2, -0.15) is 0 Å². The van der Waals surface area contributed by atoms with E-state index < -0.39 is 0 Å². The van der Waals surface area contributed by atoms with E-state index in [0.717, 1.165) is 23.8 Å². The molecule has 0 amide bonds. The lowest BCUT2D eigenvalue weighted by Crippen LogP contribution is -2.20. The number of likely N-dealkylation sites (N-methyl/N-ethyl adjacent to an activating group) is 1. The second-order valence-electron chi connectivity index (χ2n) is 3.24. The molecule has 0 radical (unpaired) electrons. The van der Waals surface area contributed by atoms with E-state index in [1.165, 1.54) is 0 Å². The van der Waals surface area contributed by atoms with E-state index in [1.807, 2.05) is 24.3 Å². The Labute approximate surface area is 84.5 Å². The van der Waals surface area contributed by atoms with Crippen LogP contribution in [0.1, 0.15) is 0 Å². The number of nitrogens with one attached hydrogen (secondary N) is 1. The van der Waals surface area contributed by atoms with Crippen LogP contribution in [0.15, 0.2) is 24.3 Å². The molecule has 0 aliphatic rings. The molecule has 1 N–H and O–H groups in total. The van der Waals surface area contributed by atoms with Gasteiger partial charge in [0.25, 0.3) is 0 Å². The Morgan fingerprint density at radius 2 is 1.85 bits per heavy atom. The summed E-state index contributed by atoms with van der Waals surface area (Å²) >= 11 is 5.76. The summed E-state index contributed by atoms with van der Waals surface area (Å²) in [7, 11) is 4.12. The Balaban J connectivity index is 2.33. The fourth-order valence-electron chi connectivity index (χ4n) is 0.992. The second-order valence-corrected chi connectivity index (χ2v) is 3.67. The Kier molecular flexibility index (Phi) is 4.06. The van der Waals surface area contributed by atoms with E-state index in [9.17, 15) is 0 Å². The molecule has 1 rings (SSSR count). The Morgan fingerprint density at radius 3 is 2.38 bits per heavy atom. The van der Waals surface area contributed by atoms with Crippen LogP contribution in [0.4, 0.5) is 5.69 Å². The molecular weight excluding hydrogens is 184 g/mol. The Morgan fingerprint density at radius 1 is 1.23 bits per heavy atom. The van der Waals surface area contributed by atoms with Crippen LogP contribution in [0.2, 0.25) is 5.02 Å². The van der Waals surface area contributed by atoms with Gasteiger partial charge >= 0.3 is 0 Å². The van der Waals surface area contributed by atoms with Crippen LogP contribution in [0.5, 0.6) is 0 Å². The highest BCUT2D eigenvalue weighted by molar-refractivity contribution is 6.30. The predicted molar refractivity (Wildman–Crippen MR) is 58.5 cm³/mol. The molecule has 2 nitrogen and oxygen atoms in total. The van der Waals surface area contributed by atoms with E-state index >= 15 is 0 Å². The summed E-state index contributed by atoms with van der Waals surface area (Å²) in [6.07, 6.45) is 0. The third-order valence-electron chi connectivity index (χ3n) is 1.73. The van der Waals surface area contributed by atoms with Crippen molar-refractivity contribution in [3.05, 3.63) is 29.3 Å². The van der Waals surface area contributed by atoms with Gasteiger partial charge in [-0.05, 0) is 38.4 Å². The SMILES string of the molecule is CN(C)CCNc1ccc(Cl)cc1. The second kappa shape index (κ2) is 5.10. The molecule has 0 bridgehead atoms. The summed E-state index contributed by atoms with van der Waals surface area (Å²) in [5.41, 5.74) is 1.12. The van der Waals surface area contributed by atoms with Crippen LogP contribution in [0.25, 0.3) is 0 Å². The molecule has 0 saturated heterocycles. The van der Waals surface area contributed by atoms with E-state index in [-0.39, 0.29) is 0 Å². The molecule has 0 heterocycles. The van der Waals surface area contributed by atoms with Gasteiger partial charge in [0.1, 0.15) is 0 Å². The molecule has 0 aliphatic heterocycles. The standard InChI is InChI=1S/C10H15ClN2/c1-13(2)8-7-12-10-5-3-9(11)4-6-10/h3-6,12H,7-8H2,1-2H3. The van der Waals surface area contributed by atoms with Crippen LogP contribution in [-0.4, -0.2) is 32.1 Å². The first kappa shape index (κ1) is 10.4. The third-order valence-corrected chi connectivity index (χ3v) is 1.98. The van der Waals surface area contributed by atoms with Crippen molar-refractivity contribution in [1.29, 1.82) is 0 Å². The molecule has 0 atom stereocenters. The maximum Gasteiger partial charge on any atom is 0.0407 e. The predicted octanol–water partition coefficient (Wildman–Crippen LogP) is 2.31. The van der Waals surface area contributed by atoms with Gasteiger partial charge in [0.05, 0.1) is 0 Å². The summed E-state index contributed by atoms with van der Waals surface area (Å²) in [5, 5.41) is 4.08. The summed E-state index contributed by atoms with van der Waals surface area (Å²) < 4.78 is 0. The normalized spacial score (nSPS) is 10.5. The summed E-state index contributed by atoms with van der Waals surface area (Å²) in [6.45, 7) is 1.98. The zero-order chi connectivity index (χ0) is 9.68. The average Bonchev–Trinajstić information content (AvgIpc) is 2.08. The molecule has 1 aromatic carbocycles. The molecule has 0 spiro atoms. The molecule has 3 heteroatoms. The average molecular weight is 199 g/mol. The first-order chi connectivity index (χ1) is 6.18. The molecular formula is C10H15ClN2. The van der Waals surface area contributed by atoms with Crippen molar-refractivity contribution in [2.75, 3.05) is 32.5 Å². The van der Waals surface area contributed by atoms with Crippen molar-refractivity contribution in [1.82, 2.24) is 4.90 Å². The smallest absolute Gasteiger partial charge is 0.0407 e. The van der Waals surface area contributed by atoms with Crippen LogP contribution in [-0.2, 0) is 0 Å². The maximum absolute atomic E-state index is 5.76. The van der Waals surface area contributed by atoms with Crippen LogP contribution in [0.3, 0.4) is 0 Å². The molecule has 72 valence electrons. The minimum atomic E-state index is 0.776. The van der Waals surface area contributed by atoms with Gasteiger partial charge in [0.2, 0.25) is 0 Å². The number of anilines is 1. The van der Waals surface area contributed by atoms with Gasteiger partial charge in [-0.1, -0.05) is 11.6 Å². The first-order valence-electron chi connectivity index (χ1n) is 4.32. The molecule has 0 saturated carbocycles. The molecule has 13 heavy (non-hydrogen) atoms. The van der Waals surface area contributed by atoms with Gasteiger partial charge in [-0.3, -0.25) is 0 Å². The molecule has 0 fully saturated rings. The number of rotatable bonds is 4. The van der Waals surface area contributed by atoms with Crippen molar-refractivity contribution >= 4 is 17.3 Å². The van der Waals surface area contributed by atoms with Crippen LogP contribution in [0, 0.1) is 0 Å². The number of nitrogens with zero attached hydrogens (tertiary/aromatic N) is 1. The number of benzene rings is 1. The van der Waals surface area contributed by atoms with E-state index in [4.69, 9.17) is 11.6 Å². The van der Waals surface area contributed by atoms with Crippen LogP contribution < -0.4 is 5.32 Å².